The second-order valence-corrected chi connectivity index (χ2v) is 6.31. The molecule has 0 saturated heterocycles. The molecule has 2 aromatic carbocycles. The lowest BCUT2D eigenvalue weighted by atomic mass is 10.1. The molecule has 1 aliphatic rings. The number of nitrogens with one attached hydrogen (secondary N) is 1. The average Bonchev–Trinajstić information content (AvgIpc) is 3.46. The number of benzene rings is 2. The van der Waals surface area contributed by atoms with Gasteiger partial charge < -0.3 is 10.1 Å². The lowest BCUT2D eigenvalue weighted by Gasteiger charge is -2.14. The van der Waals surface area contributed by atoms with Crippen molar-refractivity contribution in [3.05, 3.63) is 54.7 Å². The molecule has 1 heterocycles. The molecule has 0 bridgehead atoms. The molecule has 5 nitrogen and oxygen atoms in total. The summed E-state index contributed by atoms with van der Waals surface area (Å²) in [5, 5.41) is 2.95. The first kappa shape index (κ1) is 15.6. The fraction of sp³-hybridized carbons (Fsp3) is 0.250. The van der Waals surface area contributed by atoms with Crippen LogP contribution in [0.25, 0.3) is 22.3 Å². The lowest BCUT2D eigenvalue weighted by molar-refractivity contribution is -0.127. The molecule has 1 aliphatic carbocycles. The summed E-state index contributed by atoms with van der Waals surface area (Å²) in [4.78, 5) is 21.0. The van der Waals surface area contributed by atoms with Gasteiger partial charge in [0.15, 0.2) is 6.10 Å². The van der Waals surface area contributed by atoms with E-state index in [9.17, 15) is 4.79 Å². The zero-order valence-electron chi connectivity index (χ0n) is 14.0. The predicted octanol–water partition coefficient (Wildman–Crippen LogP) is 3.34. The van der Waals surface area contributed by atoms with Crippen LogP contribution < -0.4 is 10.1 Å². The maximum Gasteiger partial charge on any atom is 0.260 e. The number of hydrogen-bond donors (Lipinski definition) is 1. The van der Waals surface area contributed by atoms with Crippen LogP contribution in [0, 0.1) is 0 Å². The molecule has 4 rings (SSSR count). The summed E-state index contributed by atoms with van der Waals surface area (Å²) in [6.45, 7) is 1.76. The van der Waals surface area contributed by atoms with Gasteiger partial charge in [-0.25, -0.2) is 4.98 Å². The molecule has 1 saturated carbocycles. The summed E-state index contributed by atoms with van der Waals surface area (Å²) in [6, 6.07) is 15.7. The zero-order chi connectivity index (χ0) is 17.2. The minimum Gasteiger partial charge on any atom is -0.481 e. The van der Waals surface area contributed by atoms with Crippen LogP contribution >= 0.6 is 0 Å². The van der Waals surface area contributed by atoms with Gasteiger partial charge in [0, 0.05) is 11.6 Å². The van der Waals surface area contributed by atoms with Gasteiger partial charge in [-0.2, -0.15) is 0 Å². The number of hydrogen-bond acceptors (Lipinski definition) is 4. The SMILES string of the molecule is C[C@H](Oc1ccc(-c2cnc3ccccc3n2)cc1)C(=O)NC1CC1. The van der Waals surface area contributed by atoms with E-state index in [2.05, 4.69) is 15.3 Å². The van der Waals surface area contributed by atoms with Crippen LogP contribution in [0.5, 0.6) is 5.75 Å². The highest BCUT2D eigenvalue weighted by Gasteiger charge is 2.26. The fourth-order valence-corrected chi connectivity index (χ4v) is 2.60. The predicted molar refractivity (Wildman–Crippen MR) is 96.2 cm³/mol. The Kier molecular flexibility index (Phi) is 4.06. The Morgan fingerprint density at radius 3 is 2.56 bits per heavy atom. The van der Waals surface area contributed by atoms with Crippen molar-refractivity contribution in [1.29, 1.82) is 0 Å². The minimum absolute atomic E-state index is 0.0630. The highest BCUT2D eigenvalue weighted by Crippen LogP contribution is 2.23. The summed E-state index contributed by atoms with van der Waals surface area (Å²) >= 11 is 0. The third kappa shape index (κ3) is 3.60. The molecule has 0 spiro atoms. The topological polar surface area (TPSA) is 64.1 Å². The van der Waals surface area contributed by atoms with E-state index in [0.29, 0.717) is 11.8 Å². The molecule has 126 valence electrons. The molecule has 0 unspecified atom stereocenters. The molecule has 1 atom stereocenters. The second kappa shape index (κ2) is 6.51. The Balaban J connectivity index is 1.47. The Morgan fingerprint density at radius 1 is 1.12 bits per heavy atom. The Morgan fingerprint density at radius 2 is 1.84 bits per heavy atom. The third-order valence-corrected chi connectivity index (χ3v) is 4.20. The van der Waals surface area contributed by atoms with E-state index in [1.807, 2.05) is 48.5 Å². The molecule has 25 heavy (non-hydrogen) atoms. The van der Waals surface area contributed by atoms with E-state index < -0.39 is 6.10 Å². The lowest BCUT2D eigenvalue weighted by Crippen LogP contribution is -2.37. The Hall–Kier alpha value is -2.95. The van der Waals surface area contributed by atoms with Crippen LogP contribution in [0.1, 0.15) is 19.8 Å². The smallest absolute Gasteiger partial charge is 0.260 e. The summed E-state index contributed by atoms with van der Waals surface area (Å²) < 4.78 is 5.72. The van der Waals surface area contributed by atoms with Gasteiger partial charge in [-0.3, -0.25) is 9.78 Å². The normalized spacial score (nSPS) is 14.9. The quantitative estimate of drug-likeness (QED) is 0.778. The second-order valence-electron chi connectivity index (χ2n) is 6.31. The van der Waals surface area contributed by atoms with E-state index >= 15 is 0 Å². The van der Waals surface area contributed by atoms with Gasteiger partial charge in [0.2, 0.25) is 0 Å². The van der Waals surface area contributed by atoms with Gasteiger partial charge in [-0.05, 0) is 56.2 Å². The minimum atomic E-state index is -0.507. The highest BCUT2D eigenvalue weighted by molar-refractivity contribution is 5.81. The zero-order valence-corrected chi connectivity index (χ0v) is 14.0. The van der Waals surface area contributed by atoms with Gasteiger partial charge >= 0.3 is 0 Å². The van der Waals surface area contributed by atoms with Crippen LogP contribution in [0.3, 0.4) is 0 Å². The number of amides is 1. The number of ether oxygens (including phenoxy) is 1. The number of fused-ring (bicyclic) bond motifs is 1. The average molecular weight is 333 g/mol. The van der Waals surface area contributed by atoms with Crippen molar-refractivity contribution in [3.8, 4) is 17.0 Å². The molecule has 3 aromatic rings. The molecule has 0 radical (unpaired) electrons. The maximum atomic E-state index is 12.0. The Labute approximate surface area is 146 Å². The van der Waals surface area contributed by atoms with Crippen LogP contribution in [0.4, 0.5) is 0 Å². The van der Waals surface area contributed by atoms with Crippen molar-refractivity contribution in [2.75, 3.05) is 0 Å². The van der Waals surface area contributed by atoms with Gasteiger partial charge in [0.05, 0.1) is 22.9 Å². The van der Waals surface area contributed by atoms with Crippen LogP contribution in [0.15, 0.2) is 54.7 Å². The molecule has 0 aliphatic heterocycles. The maximum absolute atomic E-state index is 12.0. The van der Waals surface area contributed by atoms with Crippen molar-refractivity contribution in [1.82, 2.24) is 15.3 Å². The van der Waals surface area contributed by atoms with Gasteiger partial charge in [0.1, 0.15) is 5.75 Å². The first-order valence-corrected chi connectivity index (χ1v) is 8.48. The number of rotatable bonds is 5. The third-order valence-electron chi connectivity index (χ3n) is 4.20. The van der Waals surface area contributed by atoms with Crippen molar-refractivity contribution in [3.63, 3.8) is 0 Å². The van der Waals surface area contributed by atoms with Crippen molar-refractivity contribution >= 4 is 16.9 Å². The summed E-state index contributed by atoms with van der Waals surface area (Å²) in [7, 11) is 0. The number of carbonyl (C=O) groups is 1. The first-order chi connectivity index (χ1) is 12.2. The van der Waals surface area contributed by atoms with E-state index in [0.717, 1.165) is 35.1 Å². The van der Waals surface area contributed by atoms with Crippen LogP contribution in [-0.4, -0.2) is 28.0 Å². The molecule has 5 heteroatoms. The molecule has 1 N–H and O–H groups in total. The number of aromatic nitrogens is 2. The summed E-state index contributed by atoms with van der Waals surface area (Å²) in [5.74, 6) is 0.600. The largest absolute Gasteiger partial charge is 0.481 e. The van der Waals surface area contributed by atoms with E-state index in [1.165, 1.54) is 0 Å². The Bertz CT molecular complexity index is 904. The first-order valence-electron chi connectivity index (χ1n) is 8.48. The van der Waals surface area contributed by atoms with Crippen molar-refractivity contribution in [2.45, 2.75) is 31.9 Å². The van der Waals surface area contributed by atoms with Crippen LogP contribution in [0.2, 0.25) is 0 Å². The summed E-state index contributed by atoms with van der Waals surface area (Å²) in [5.41, 5.74) is 3.51. The van der Waals surface area contributed by atoms with Gasteiger partial charge in [0.25, 0.3) is 5.91 Å². The molecular weight excluding hydrogens is 314 g/mol. The number of para-hydroxylation sites is 2. The van der Waals surface area contributed by atoms with Crippen LogP contribution in [-0.2, 0) is 4.79 Å². The van der Waals surface area contributed by atoms with Crippen molar-refractivity contribution < 1.29 is 9.53 Å². The molecule has 1 fully saturated rings. The number of nitrogens with zero attached hydrogens (tertiary/aromatic N) is 2. The standard InChI is InChI=1S/C20H19N3O2/c1-13(20(24)22-15-8-9-15)25-16-10-6-14(7-11-16)19-12-21-17-4-2-3-5-18(17)23-19/h2-7,10-13,15H,8-9H2,1H3,(H,22,24)/t13-/m0/s1. The summed E-state index contributed by atoms with van der Waals surface area (Å²) in [6.07, 6.45) is 3.40. The van der Waals surface area contributed by atoms with Crippen molar-refractivity contribution in [2.24, 2.45) is 0 Å². The number of carbonyl (C=O) groups excluding carboxylic acids is 1. The molecular formula is C20H19N3O2. The molecule has 1 amide bonds. The van der Waals surface area contributed by atoms with Gasteiger partial charge in [-0.1, -0.05) is 12.1 Å². The van der Waals surface area contributed by atoms with E-state index in [4.69, 9.17) is 4.74 Å². The monoisotopic (exact) mass is 333 g/mol. The highest BCUT2D eigenvalue weighted by atomic mass is 16.5. The fourth-order valence-electron chi connectivity index (χ4n) is 2.60. The van der Waals surface area contributed by atoms with E-state index in [-0.39, 0.29) is 5.91 Å². The van der Waals surface area contributed by atoms with E-state index in [1.54, 1.807) is 13.1 Å². The molecule has 1 aromatic heterocycles. The van der Waals surface area contributed by atoms with Gasteiger partial charge in [-0.15, -0.1) is 0 Å².